The minimum absolute atomic E-state index is 0.333. The van der Waals surface area contributed by atoms with Gasteiger partial charge < -0.3 is 10.0 Å². The molecule has 0 radical (unpaired) electrons. The molecule has 1 saturated carbocycles. The van der Waals surface area contributed by atoms with Gasteiger partial charge in [-0.05, 0) is 74.2 Å². The van der Waals surface area contributed by atoms with Crippen molar-refractivity contribution in [2.45, 2.75) is 49.8 Å². The van der Waals surface area contributed by atoms with Crippen molar-refractivity contribution in [3.05, 3.63) is 30.3 Å². The molecule has 3 nitrogen and oxygen atoms in total. The maximum absolute atomic E-state index is 10.0. The van der Waals surface area contributed by atoms with Crippen LogP contribution in [0.5, 0.6) is 0 Å². The molecule has 2 heterocycles. The van der Waals surface area contributed by atoms with Gasteiger partial charge in [-0.3, -0.25) is 0 Å². The first-order valence-electron chi connectivity index (χ1n) is 10.6. The molecular formula is C22H34N2OS. The number of likely N-dealkylation sites (tertiary alicyclic amines) is 1. The summed E-state index contributed by atoms with van der Waals surface area (Å²) in [7, 11) is 0. The number of aliphatic hydroxyl groups is 1. The van der Waals surface area contributed by atoms with Crippen molar-refractivity contribution in [2.75, 3.05) is 39.3 Å². The summed E-state index contributed by atoms with van der Waals surface area (Å²) in [5.74, 6) is 1.38. The summed E-state index contributed by atoms with van der Waals surface area (Å²) in [5.41, 5.74) is 0.333. The van der Waals surface area contributed by atoms with Gasteiger partial charge in [-0.25, -0.2) is 4.31 Å². The van der Waals surface area contributed by atoms with E-state index in [1.807, 2.05) is 11.9 Å². The molecule has 3 fully saturated rings. The van der Waals surface area contributed by atoms with Crippen LogP contribution in [-0.4, -0.2) is 53.6 Å². The lowest BCUT2D eigenvalue weighted by Crippen LogP contribution is -2.46. The van der Waals surface area contributed by atoms with Crippen LogP contribution in [0.2, 0.25) is 0 Å². The van der Waals surface area contributed by atoms with Gasteiger partial charge in [0.2, 0.25) is 0 Å². The van der Waals surface area contributed by atoms with Crippen LogP contribution in [0.15, 0.2) is 35.2 Å². The first-order chi connectivity index (χ1) is 12.8. The van der Waals surface area contributed by atoms with Crippen molar-refractivity contribution in [2.24, 2.45) is 17.3 Å². The fraction of sp³-hybridized carbons (Fsp3) is 0.727. The molecule has 1 aromatic rings. The van der Waals surface area contributed by atoms with E-state index in [1.54, 1.807) is 0 Å². The highest BCUT2D eigenvalue weighted by Gasteiger charge is 2.48. The standard InChI is InChI=1S/C22H34N2OS/c25-17-20-16-24(26-21-9-5-2-6-10-21)18-22(20)11-13-23(14-12-22)15-19-7-3-1-4-8-19/h2,5-6,9-10,19-20,25H,1,3-4,7-8,11-18H2. The lowest BCUT2D eigenvalue weighted by Gasteiger charge is -2.43. The molecule has 1 aliphatic carbocycles. The maximum atomic E-state index is 10.0. The number of rotatable bonds is 5. The second-order valence-corrected chi connectivity index (χ2v) is 9.94. The second-order valence-electron chi connectivity index (χ2n) is 8.77. The van der Waals surface area contributed by atoms with Crippen LogP contribution >= 0.6 is 11.9 Å². The maximum Gasteiger partial charge on any atom is 0.0477 e. The largest absolute Gasteiger partial charge is 0.396 e. The summed E-state index contributed by atoms with van der Waals surface area (Å²) >= 11 is 1.88. The van der Waals surface area contributed by atoms with Gasteiger partial charge in [-0.2, -0.15) is 0 Å². The van der Waals surface area contributed by atoms with Crippen LogP contribution in [0.25, 0.3) is 0 Å². The lowest BCUT2D eigenvalue weighted by atomic mass is 9.71. The van der Waals surface area contributed by atoms with Gasteiger partial charge in [0.05, 0.1) is 0 Å². The van der Waals surface area contributed by atoms with Crippen molar-refractivity contribution in [3.8, 4) is 0 Å². The van der Waals surface area contributed by atoms with Crippen molar-refractivity contribution in [1.29, 1.82) is 0 Å². The lowest BCUT2D eigenvalue weighted by molar-refractivity contribution is 0.0437. The van der Waals surface area contributed by atoms with Crippen LogP contribution in [0.4, 0.5) is 0 Å². The monoisotopic (exact) mass is 374 g/mol. The van der Waals surface area contributed by atoms with E-state index in [2.05, 4.69) is 39.5 Å². The first-order valence-corrected chi connectivity index (χ1v) is 11.4. The van der Waals surface area contributed by atoms with Gasteiger partial charge in [-0.1, -0.05) is 37.5 Å². The second kappa shape index (κ2) is 8.64. The molecule has 3 aliphatic rings. The summed E-state index contributed by atoms with van der Waals surface area (Å²) in [6.07, 6.45) is 9.76. The van der Waals surface area contributed by atoms with Crippen LogP contribution in [0, 0.1) is 17.3 Å². The molecule has 1 aromatic carbocycles. The molecule has 1 N–H and O–H groups in total. The summed E-state index contributed by atoms with van der Waals surface area (Å²) in [5, 5.41) is 10.0. The number of hydrogen-bond donors (Lipinski definition) is 1. The SMILES string of the molecule is OCC1CN(Sc2ccccc2)CC12CCN(CC1CCCCC1)CC2. The topological polar surface area (TPSA) is 26.7 Å². The molecule has 26 heavy (non-hydrogen) atoms. The van der Waals surface area contributed by atoms with Gasteiger partial charge in [-0.15, -0.1) is 0 Å². The zero-order valence-electron chi connectivity index (χ0n) is 16.0. The van der Waals surface area contributed by atoms with E-state index in [-0.39, 0.29) is 0 Å². The summed E-state index contributed by atoms with van der Waals surface area (Å²) in [6.45, 7) is 6.29. The molecule has 1 spiro atoms. The van der Waals surface area contributed by atoms with Gasteiger partial charge in [0.1, 0.15) is 0 Å². The van der Waals surface area contributed by atoms with Gasteiger partial charge >= 0.3 is 0 Å². The van der Waals surface area contributed by atoms with E-state index in [4.69, 9.17) is 0 Å². The molecule has 2 saturated heterocycles. The van der Waals surface area contributed by atoms with Crippen molar-refractivity contribution >= 4 is 11.9 Å². The Morgan fingerprint density at radius 2 is 1.77 bits per heavy atom. The van der Waals surface area contributed by atoms with E-state index in [1.165, 1.54) is 69.5 Å². The van der Waals surface area contributed by atoms with Crippen LogP contribution in [-0.2, 0) is 0 Å². The van der Waals surface area contributed by atoms with Gasteiger partial charge in [0.15, 0.2) is 0 Å². The third kappa shape index (κ3) is 4.30. The molecule has 0 bridgehead atoms. The van der Waals surface area contributed by atoms with Crippen LogP contribution in [0.3, 0.4) is 0 Å². The average Bonchev–Trinajstić information content (AvgIpc) is 3.02. The first kappa shape index (κ1) is 18.8. The van der Waals surface area contributed by atoms with E-state index < -0.39 is 0 Å². The van der Waals surface area contributed by atoms with E-state index in [0.29, 0.717) is 17.9 Å². The van der Waals surface area contributed by atoms with E-state index in [9.17, 15) is 5.11 Å². The van der Waals surface area contributed by atoms with E-state index >= 15 is 0 Å². The zero-order chi connectivity index (χ0) is 17.8. The minimum atomic E-state index is 0.333. The van der Waals surface area contributed by atoms with Crippen molar-refractivity contribution in [3.63, 3.8) is 0 Å². The number of benzene rings is 1. The molecule has 4 rings (SSSR count). The molecule has 0 aromatic heterocycles. The van der Waals surface area contributed by atoms with Gasteiger partial charge in [0.25, 0.3) is 0 Å². The van der Waals surface area contributed by atoms with Crippen molar-refractivity contribution in [1.82, 2.24) is 9.21 Å². The number of aliphatic hydroxyl groups excluding tert-OH is 1. The Morgan fingerprint density at radius 3 is 2.46 bits per heavy atom. The molecule has 144 valence electrons. The summed E-state index contributed by atoms with van der Waals surface area (Å²) < 4.78 is 2.51. The Hall–Kier alpha value is -0.550. The Labute approximate surface area is 163 Å². The summed E-state index contributed by atoms with van der Waals surface area (Å²) in [4.78, 5) is 4.04. The molecule has 0 amide bonds. The minimum Gasteiger partial charge on any atom is -0.396 e. The third-order valence-electron chi connectivity index (χ3n) is 7.07. The fourth-order valence-electron chi connectivity index (χ4n) is 5.42. The predicted molar refractivity (Wildman–Crippen MR) is 109 cm³/mol. The Kier molecular flexibility index (Phi) is 6.25. The fourth-order valence-corrected chi connectivity index (χ4v) is 6.57. The number of piperidine rings is 1. The zero-order valence-corrected chi connectivity index (χ0v) is 16.8. The molecule has 4 heteroatoms. The normalized spacial score (nSPS) is 28.0. The van der Waals surface area contributed by atoms with E-state index in [0.717, 1.165) is 19.0 Å². The average molecular weight is 375 g/mol. The predicted octanol–water partition coefficient (Wildman–Crippen LogP) is 4.28. The van der Waals surface area contributed by atoms with Crippen molar-refractivity contribution < 1.29 is 5.11 Å². The smallest absolute Gasteiger partial charge is 0.0477 e. The highest BCUT2D eigenvalue weighted by Crippen LogP contribution is 2.47. The Morgan fingerprint density at radius 1 is 1.04 bits per heavy atom. The quantitative estimate of drug-likeness (QED) is 0.778. The Bertz CT molecular complexity index is 553. The molecular weight excluding hydrogens is 340 g/mol. The highest BCUT2D eigenvalue weighted by molar-refractivity contribution is 7.97. The number of nitrogens with zero attached hydrogens (tertiary/aromatic N) is 2. The molecule has 1 unspecified atom stereocenters. The van der Waals surface area contributed by atoms with Crippen LogP contribution in [0.1, 0.15) is 44.9 Å². The summed E-state index contributed by atoms with van der Waals surface area (Å²) in [6, 6.07) is 10.7. The molecule has 2 aliphatic heterocycles. The third-order valence-corrected chi connectivity index (χ3v) is 8.09. The van der Waals surface area contributed by atoms with Gasteiger partial charge in [0, 0.05) is 37.1 Å². The highest BCUT2D eigenvalue weighted by atomic mass is 32.2. The van der Waals surface area contributed by atoms with Crippen LogP contribution < -0.4 is 0 Å². The molecule has 1 atom stereocenters. The Balaban J connectivity index is 1.32. The number of hydrogen-bond acceptors (Lipinski definition) is 4.